The van der Waals surface area contributed by atoms with Gasteiger partial charge in [0.25, 0.3) is 0 Å². The van der Waals surface area contributed by atoms with E-state index in [1.165, 1.54) is 0 Å². The lowest BCUT2D eigenvalue weighted by atomic mass is 10.1. The maximum Gasteiger partial charge on any atom is 0.239 e. The number of aliphatic hydroxyl groups excluding tert-OH is 2. The van der Waals surface area contributed by atoms with Crippen LogP contribution in [0.1, 0.15) is 0 Å². The quantitative estimate of drug-likeness (QED) is 0.438. The topological polar surface area (TPSA) is 252 Å². The molecule has 0 bridgehead atoms. The van der Waals surface area contributed by atoms with E-state index in [1.54, 1.807) is 36.9 Å². The minimum atomic E-state index is -0.820. The molecule has 0 atom stereocenters. The Hall–Kier alpha value is -2.62. The van der Waals surface area contributed by atoms with Gasteiger partial charge >= 0.3 is 0 Å². The van der Waals surface area contributed by atoms with Gasteiger partial charge in [0.05, 0.1) is 0 Å². The number of carbonyl (C=O) groups excluding carboxylic acids is 2. The molecule has 28 heavy (non-hydrogen) atoms. The van der Waals surface area contributed by atoms with Crippen LogP contribution in [-0.2, 0) is 9.59 Å². The minimum Gasteiger partial charge on any atom is -0.503 e. The van der Waals surface area contributed by atoms with Crippen molar-refractivity contribution in [3.63, 3.8) is 0 Å². The van der Waals surface area contributed by atoms with Crippen LogP contribution >= 0.6 is 31.9 Å². The molecular formula is C14H16Br2N4O8. The van der Waals surface area contributed by atoms with Crippen molar-refractivity contribution in [3.05, 3.63) is 57.4 Å². The van der Waals surface area contributed by atoms with Crippen molar-refractivity contribution in [2.75, 3.05) is 0 Å². The molecule has 1 aliphatic rings. The highest BCUT2D eigenvalue weighted by atomic mass is 79.9. The van der Waals surface area contributed by atoms with E-state index in [1.807, 2.05) is 0 Å². The van der Waals surface area contributed by atoms with Gasteiger partial charge in [-0.3, -0.25) is 9.59 Å². The number of ketones is 2. The molecule has 0 aromatic carbocycles. The first-order valence-corrected chi connectivity index (χ1v) is 7.83. The summed E-state index contributed by atoms with van der Waals surface area (Å²) in [6, 6.07) is 3.51. The van der Waals surface area contributed by atoms with Gasteiger partial charge in [0.15, 0.2) is 23.2 Å². The number of halogens is 2. The Morgan fingerprint density at radius 3 is 1.11 bits per heavy atom. The number of hydrogen-bond donors (Lipinski definition) is 2. The smallest absolute Gasteiger partial charge is 0.239 e. The summed E-state index contributed by atoms with van der Waals surface area (Å²) in [7, 11) is 0. The van der Waals surface area contributed by atoms with Crippen LogP contribution in [0, 0.1) is 0 Å². The van der Waals surface area contributed by atoms with Crippen molar-refractivity contribution in [1.82, 2.24) is 19.9 Å². The normalized spacial score (nSPS) is 12.4. The van der Waals surface area contributed by atoms with Crippen LogP contribution in [0.25, 0.3) is 11.6 Å². The number of Topliss-reactive ketones (excluding diaryl/α,β-unsaturated/α-hetero) is 2. The summed E-state index contributed by atoms with van der Waals surface area (Å²) >= 11 is 5.34. The van der Waals surface area contributed by atoms with Crippen LogP contribution in [0.5, 0.6) is 0 Å². The van der Waals surface area contributed by atoms with Gasteiger partial charge in [-0.1, -0.05) is 0 Å². The monoisotopic (exact) mass is 526 g/mol. The van der Waals surface area contributed by atoms with Gasteiger partial charge in [0, 0.05) is 24.8 Å². The first-order chi connectivity index (χ1) is 11.4. The molecular weight excluding hydrogens is 512 g/mol. The molecule has 12 nitrogen and oxygen atoms in total. The molecule has 0 spiro atoms. The van der Waals surface area contributed by atoms with Crippen molar-refractivity contribution >= 4 is 43.4 Å². The third-order valence-electron chi connectivity index (χ3n) is 2.58. The number of aromatic nitrogens is 4. The van der Waals surface area contributed by atoms with Crippen LogP contribution in [0.4, 0.5) is 0 Å². The van der Waals surface area contributed by atoms with Gasteiger partial charge in [0.2, 0.25) is 11.6 Å². The van der Waals surface area contributed by atoms with Gasteiger partial charge in [-0.05, 0) is 44.0 Å². The van der Waals surface area contributed by atoms with E-state index in [2.05, 4.69) is 51.8 Å². The van der Waals surface area contributed by atoms with E-state index in [0.29, 0.717) is 11.6 Å². The van der Waals surface area contributed by atoms with Gasteiger partial charge < -0.3 is 32.1 Å². The third kappa shape index (κ3) is 6.84. The third-order valence-corrected chi connectivity index (χ3v) is 4.05. The molecule has 10 N–H and O–H groups in total. The zero-order valence-corrected chi connectivity index (χ0v) is 16.9. The van der Waals surface area contributed by atoms with Gasteiger partial charge in [0.1, 0.15) is 8.96 Å². The summed E-state index contributed by atoms with van der Waals surface area (Å²) in [5.41, 5.74) is 0. The number of hydrogen-bond acceptors (Lipinski definition) is 8. The van der Waals surface area contributed by atoms with Crippen LogP contribution < -0.4 is 0 Å². The number of allylic oxidation sites excluding steroid dienone is 2. The second kappa shape index (κ2) is 13.5. The SMILES string of the molecule is O.O.O.O.O=C1C(O)=C(Br)C(=O)C(O)=C1Br.c1cnc(-c2ncccn2)nc1. The van der Waals surface area contributed by atoms with Crippen molar-refractivity contribution in [1.29, 1.82) is 0 Å². The summed E-state index contributed by atoms with van der Waals surface area (Å²) in [5.74, 6) is -1.94. The molecule has 14 heteroatoms. The molecule has 3 rings (SSSR count). The molecule has 0 amide bonds. The lowest BCUT2D eigenvalue weighted by Crippen LogP contribution is -2.19. The molecule has 0 radical (unpaired) electrons. The fourth-order valence-corrected chi connectivity index (χ4v) is 2.19. The Morgan fingerprint density at radius 2 is 0.857 bits per heavy atom. The van der Waals surface area contributed by atoms with Crippen LogP contribution in [0.15, 0.2) is 57.4 Å². The van der Waals surface area contributed by atoms with E-state index >= 15 is 0 Å². The Morgan fingerprint density at radius 1 is 0.607 bits per heavy atom. The lowest BCUT2D eigenvalue weighted by Gasteiger charge is -2.09. The molecule has 0 aliphatic heterocycles. The average Bonchev–Trinajstić information content (AvgIpc) is 2.65. The number of nitrogens with zero attached hydrogens (tertiary/aromatic N) is 4. The van der Waals surface area contributed by atoms with E-state index in [-0.39, 0.29) is 30.9 Å². The highest BCUT2D eigenvalue weighted by Crippen LogP contribution is 2.28. The molecule has 2 aromatic rings. The van der Waals surface area contributed by atoms with Crippen LogP contribution in [0.3, 0.4) is 0 Å². The largest absolute Gasteiger partial charge is 0.503 e. The molecule has 1 aliphatic carbocycles. The fraction of sp³-hybridized carbons (Fsp3) is 0. The highest BCUT2D eigenvalue weighted by molar-refractivity contribution is 9.12. The zero-order chi connectivity index (χ0) is 17.7. The van der Waals surface area contributed by atoms with Gasteiger partial charge in [-0.15, -0.1) is 0 Å². The van der Waals surface area contributed by atoms with Crippen LogP contribution in [-0.4, -0.2) is 63.6 Å². The predicted molar refractivity (Wildman–Crippen MR) is 105 cm³/mol. The van der Waals surface area contributed by atoms with Crippen molar-refractivity contribution in [2.24, 2.45) is 0 Å². The van der Waals surface area contributed by atoms with E-state index in [0.717, 1.165) is 0 Å². The first-order valence-electron chi connectivity index (χ1n) is 6.24. The second-order valence-electron chi connectivity index (χ2n) is 4.13. The maximum atomic E-state index is 10.9. The van der Waals surface area contributed by atoms with Crippen molar-refractivity contribution < 1.29 is 41.7 Å². The van der Waals surface area contributed by atoms with Crippen molar-refractivity contribution in [3.8, 4) is 11.6 Å². The first kappa shape index (κ1) is 30.1. The van der Waals surface area contributed by atoms with E-state index in [9.17, 15) is 9.59 Å². The average molecular weight is 528 g/mol. The molecule has 0 fully saturated rings. The minimum absolute atomic E-state index is 0. The van der Waals surface area contributed by atoms with Crippen LogP contribution in [0.2, 0.25) is 0 Å². The zero-order valence-electron chi connectivity index (χ0n) is 13.7. The fourth-order valence-electron chi connectivity index (χ4n) is 1.45. The highest BCUT2D eigenvalue weighted by Gasteiger charge is 2.32. The molecule has 2 heterocycles. The Labute approximate surface area is 174 Å². The second-order valence-corrected chi connectivity index (χ2v) is 5.71. The van der Waals surface area contributed by atoms with E-state index < -0.39 is 23.1 Å². The molecule has 0 unspecified atom stereocenters. The lowest BCUT2D eigenvalue weighted by molar-refractivity contribution is -0.118. The Balaban J connectivity index is -0.000000391. The predicted octanol–water partition coefficient (Wildman–Crippen LogP) is -0.898. The molecule has 154 valence electrons. The maximum absolute atomic E-state index is 10.9. The van der Waals surface area contributed by atoms with Crippen molar-refractivity contribution in [2.45, 2.75) is 0 Å². The number of carbonyl (C=O) groups is 2. The summed E-state index contributed by atoms with van der Waals surface area (Å²) in [6.45, 7) is 0. The molecule has 2 aromatic heterocycles. The number of aliphatic hydroxyl groups is 2. The van der Waals surface area contributed by atoms with Gasteiger partial charge in [-0.25, -0.2) is 19.9 Å². The Bertz CT molecular complexity index is 747. The van der Waals surface area contributed by atoms with E-state index in [4.69, 9.17) is 10.2 Å². The molecule has 0 saturated carbocycles. The summed E-state index contributed by atoms with van der Waals surface area (Å²) in [6.07, 6.45) is 6.66. The Kier molecular flexibility index (Phi) is 14.6. The standard InChI is InChI=1S/C8H6N4.C6H2Br2O4.4H2O/c1-3-9-7(10-4-1)8-11-5-2-6-12-8;7-1-3(9)5(11)2(8)6(12)4(1)10;;;;/h1-6H;9,12H;4*1H2. The summed E-state index contributed by atoms with van der Waals surface area (Å²) < 4.78 is -0.651. The molecule has 0 saturated heterocycles. The summed E-state index contributed by atoms with van der Waals surface area (Å²) in [4.78, 5) is 37.9. The summed E-state index contributed by atoms with van der Waals surface area (Å²) in [5, 5.41) is 18.0. The number of rotatable bonds is 1. The van der Waals surface area contributed by atoms with Gasteiger partial charge in [-0.2, -0.15) is 0 Å².